The monoisotopic (exact) mass is 218 g/mol. The number of hydrogen-bond donors (Lipinski definition) is 0. The standard InChI is InChI=1S/C5H10.C5H8.5CH4/c2*1-3-5-4-2;;;;;/h3,5H,4H2,1-2H3;3-5H,1H2,2H3;5*1H4. The molecule has 0 amide bonds. The first-order valence-electron chi connectivity index (χ1n) is 3.68. The fourth-order valence-corrected chi connectivity index (χ4v) is 0.372. The summed E-state index contributed by atoms with van der Waals surface area (Å²) in [5.74, 6) is 0. The Morgan fingerprint density at radius 1 is 0.867 bits per heavy atom. The SMILES string of the molecule is C.C.C.C.C.C=CC=CC.CC=CCC. The van der Waals surface area contributed by atoms with Crippen LogP contribution in [0.25, 0.3) is 0 Å². The maximum Gasteiger partial charge on any atom is -0.0379 e. The minimum Gasteiger partial charge on any atom is -0.0991 e. The zero-order chi connectivity index (χ0) is 8.24. The predicted molar refractivity (Wildman–Crippen MR) is 83.8 cm³/mol. The van der Waals surface area contributed by atoms with Crippen molar-refractivity contribution in [2.24, 2.45) is 0 Å². The molecule has 0 aliphatic rings. The van der Waals surface area contributed by atoms with E-state index in [2.05, 4.69) is 25.7 Å². The van der Waals surface area contributed by atoms with E-state index in [1.807, 2.05) is 26.0 Å². The molecule has 0 fully saturated rings. The predicted octanol–water partition coefficient (Wildman–Crippen LogP) is 6.90. The molecule has 0 heteroatoms. The average molecular weight is 218 g/mol. The third-order valence-electron chi connectivity index (χ3n) is 0.800. The van der Waals surface area contributed by atoms with Gasteiger partial charge in [0, 0.05) is 0 Å². The Morgan fingerprint density at radius 2 is 1.27 bits per heavy atom. The van der Waals surface area contributed by atoms with Gasteiger partial charge in [-0.1, -0.05) is 81.0 Å². The van der Waals surface area contributed by atoms with Crippen LogP contribution in [0, 0.1) is 0 Å². The maximum absolute atomic E-state index is 3.46. The molecule has 0 radical (unpaired) electrons. The highest BCUT2D eigenvalue weighted by Gasteiger charge is 1.52. The van der Waals surface area contributed by atoms with E-state index in [-0.39, 0.29) is 37.1 Å². The molecule has 98 valence electrons. The Labute approximate surface area is 102 Å². The van der Waals surface area contributed by atoms with Gasteiger partial charge in [-0.05, 0) is 20.3 Å². The van der Waals surface area contributed by atoms with E-state index in [0.717, 1.165) is 6.42 Å². The molecule has 0 rings (SSSR count). The highest BCUT2D eigenvalue weighted by Crippen LogP contribution is 1.73. The van der Waals surface area contributed by atoms with Crippen molar-refractivity contribution < 1.29 is 0 Å². The maximum atomic E-state index is 3.46. The lowest BCUT2D eigenvalue weighted by molar-refractivity contribution is 1.22. The van der Waals surface area contributed by atoms with E-state index in [0.29, 0.717) is 0 Å². The lowest BCUT2D eigenvalue weighted by Gasteiger charge is -1.65. The van der Waals surface area contributed by atoms with E-state index in [4.69, 9.17) is 0 Å². The Kier molecular flexibility index (Phi) is 230. The molecule has 0 bridgehead atoms. The highest BCUT2D eigenvalue weighted by molar-refractivity contribution is 4.94. The normalized spacial score (nSPS) is 6.33. The van der Waals surface area contributed by atoms with Gasteiger partial charge in [0.1, 0.15) is 0 Å². The van der Waals surface area contributed by atoms with Crippen LogP contribution >= 0.6 is 0 Å². The van der Waals surface area contributed by atoms with Crippen molar-refractivity contribution in [1.82, 2.24) is 0 Å². The van der Waals surface area contributed by atoms with Crippen molar-refractivity contribution in [2.75, 3.05) is 0 Å². The summed E-state index contributed by atoms with van der Waals surface area (Å²) >= 11 is 0. The molecular weight excluding hydrogens is 180 g/mol. The van der Waals surface area contributed by atoms with E-state index in [1.54, 1.807) is 6.08 Å². The summed E-state index contributed by atoms with van der Waals surface area (Å²) in [6, 6.07) is 0. The van der Waals surface area contributed by atoms with Gasteiger partial charge < -0.3 is 0 Å². The summed E-state index contributed by atoms with van der Waals surface area (Å²) in [5.41, 5.74) is 0. The van der Waals surface area contributed by atoms with Gasteiger partial charge in [-0.3, -0.25) is 0 Å². The molecular formula is C15H38. The average Bonchev–Trinajstić information content (AvgIpc) is 1.93. The Balaban J connectivity index is -0.0000000128. The highest BCUT2D eigenvalue weighted by atomic mass is 13.6. The van der Waals surface area contributed by atoms with Crippen LogP contribution in [0.3, 0.4) is 0 Å². The molecule has 0 atom stereocenters. The summed E-state index contributed by atoms with van der Waals surface area (Å²) < 4.78 is 0. The molecule has 0 N–H and O–H groups in total. The smallest absolute Gasteiger partial charge is 0.0379 e. The van der Waals surface area contributed by atoms with Crippen LogP contribution in [0.5, 0.6) is 0 Å². The fourth-order valence-electron chi connectivity index (χ4n) is 0.372. The van der Waals surface area contributed by atoms with Crippen LogP contribution in [0.4, 0.5) is 0 Å². The molecule has 0 aliphatic carbocycles. The molecule has 0 spiro atoms. The first-order chi connectivity index (χ1) is 4.83. The molecule has 0 aromatic rings. The van der Waals surface area contributed by atoms with Crippen molar-refractivity contribution in [2.45, 2.75) is 64.3 Å². The molecule has 0 aromatic carbocycles. The molecule has 0 unspecified atom stereocenters. The number of rotatable bonds is 2. The van der Waals surface area contributed by atoms with Gasteiger partial charge in [0.2, 0.25) is 0 Å². The van der Waals surface area contributed by atoms with Gasteiger partial charge in [-0.25, -0.2) is 0 Å². The molecule has 0 nitrogen and oxygen atoms in total. The van der Waals surface area contributed by atoms with E-state index in [9.17, 15) is 0 Å². The lowest BCUT2D eigenvalue weighted by Crippen LogP contribution is -1.43. The Bertz CT molecular complexity index is 96.6. The Hall–Kier alpha value is -0.780. The van der Waals surface area contributed by atoms with E-state index >= 15 is 0 Å². The van der Waals surface area contributed by atoms with E-state index in [1.165, 1.54) is 0 Å². The third kappa shape index (κ3) is 161. The molecule has 15 heavy (non-hydrogen) atoms. The quantitative estimate of drug-likeness (QED) is 0.349. The second kappa shape index (κ2) is 72.4. The third-order valence-corrected chi connectivity index (χ3v) is 0.800. The van der Waals surface area contributed by atoms with Gasteiger partial charge in [0.05, 0.1) is 0 Å². The molecule has 0 saturated heterocycles. The first kappa shape index (κ1) is 47.7. The first-order valence-corrected chi connectivity index (χ1v) is 3.68. The lowest BCUT2D eigenvalue weighted by atomic mass is 10.4. The summed E-state index contributed by atoms with van der Waals surface area (Å²) in [6.45, 7) is 9.58. The van der Waals surface area contributed by atoms with Crippen LogP contribution in [-0.2, 0) is 0 Å². The van der Waals surface area contributed by atoms with Gasteiger partial charge in [-0.15, -0.1) is 0 Å². The molecule has 0 aliphatic heterocycles. The zero-order valence-corrected chi connectivity index (χ0v) is 7.30. The van der Waals surface area contributed by atoms with Crippen LogP contribution in [0.1, 0.15) is 64.3 Å². The Morgan fingerprint density at radius 3 is 1.27 bits per heavy atom. The van der Waals surface area contributed by atoms with Crippen molar-refractivity contribution in [3.05, 3.63) is 37.0 Å². The number of hydrogen-bond acceptors (Lipinski definition) is 0. The zero-order valence-electron chi connectivity index (χ0n) is 7.30. The van der Waals surface area contributed by atoms with Crippen LogP contribution in [-0.4, -0.2) is 0 Å². The second-order valence-corrected chi connectivity index (χ2v) is 1.74. The summed E-state index contributed by atoms with van der Waals surface area (Å²) in [7, 11) is 0. The van der Waals surface area contributed by atoms with Crippen molar-refractivity contribution >= 4 is 0 Å². The van der Waals surface area contributed by atoms with Crippen molar-refractivity contribution in [3.8, 4) is 0 Å². The molecule has 0 heterocycles. The molecule has 0 aromatic heterocycles. The van der Waals surface area contributed by atoms with Crippen LogP contribution < -0.4 is 0 Å². The minimum absolute atomic E-state index is 0. The fraction of sp³-hybridized carbons (Fsp3) is 0.600. The summed E-state index contributed by atoms with van der Waals surface area (Å²) in [4.78, 5) is 0. The van der Waals surface area contributed by atoms with Crippen molar-refractivity contribution in [3.63, 3.8) is 0 Å². The topological polar surface area (TPSA) is 0 Å². The van der Waals surface area contributed by atoms with Gasteiger partial charge in [0.15, 0.2) is 0 Å². The van der Waals surface area contributed by atoms with Gasteiger partial charge in [-0.2, -0.15) is 0 Å². The van der Waals surface area contributed by atoms with Crippen molar-refractivity contribution in [1.29, 1.82) is 0 Å². The minimum atomic E-state index is 0. The second-order valence-electron chi connectivity index (χ2n) is 1.74. The number of allylic oxidation sites excluding steroid dienone is 5. The van der Waals surface area contributed by atoms with Crippen LogP contribution in [0.15, 0.2) is 37.0 Å². The van der Waals surface area contributed by atoms with E-state index < -0.39 is 0 Å². The summed E-state index contributed by atoms with van der Waals surface area (Å²) in [5, 5.41) is 0. The van der Waals surface area contributed by atoms with Crippen LogP contribution in [0.2, 0.25) is 0 Å². The summed E-state index contributed by atoms with van der Waals surface area (Å²) in [6.07, 6.45) is 10.9. The van der Waals surface area contributed by atoms with Gasteiger partial charge in [0.25, 0.3) is 0 Å². The largest absolute Gasteiger partial charge is 0.0991 e. The molecule has 0 saturated carbocycles. The van der Waals surface area contributed by atoms with Gasteiger partial charge >= 0.3 is 0 Å².